The summed E-state index contributed by atoms with van der Waals surface area (Å²) in [6.07, 6.45) is 0.724. The van der Waals surface area contributed by atoms with E-state index in [2.05, 4.69) is 10.3 Å². The Labute approximate surface area is 102 Å². The number of carbonyl (C=O) groups is 1. The van der Waals surface area contributed by atoms with E-state index in [0.29, 0.717) is 18.5 Å². The summed E-state index contributed by atoms with van der Waals surface area (Å²) in [5, 5.41) is 24.3. The number of aliphatic carboxylic acids is 1. The van der Waals surface area contributed by atoms with Crippen LogP contribution in [0.3, 0.4) is 0 Å². The Bertz CT molecular complexity index is 421. The van der Waals surface area contributed by atoms with Crippen molar-refractivity contribution in [2.75, 3.05) is 6.61 Å². The summed E-state index contributed by atoms with van der Waals surface area (Å²) in [6, 6.07) is 0. The Kier molecular flexibility index (Phi) is 4.71. The van der Waals surface area contributed by atoms with E-state index in [9.17, 15) is 13.6 Å². The van der Waals surface area contributed by atoms with Gasteiger partial charge in [0.1, 0.15) is 13.2 Å². The topological polar surface area (TPSA) is 88.2 Å². The highest BCUT2D eigenvalue weighted by atomic mass is 19.3. The normalized spacial score (nSPS) is 11.8. The van der Waals surface area contributed by atoms with E-state index in [4.69, 9.17) is 10.2 Å². The van der Waals surface area contributed by atoms with Crippen LogP contribution in [0.5, 0.6) is 0 Å². The number of aliphatic hydroxyl groups excluding tert-OH is 1. The predicted octanol–water partition coefficient (Wildman–Crippen LogP) is 0.485. The van der Waals surface area contributed by atoms with Crippen LogP contribution in [0.1, 0.15) is 24.7 Å². The van der Waals surface area contributed by atoms with E-state index in [1.807, 2.05) is 6.92 Å². The monoisotopic (exact) mass is 263 g/mol. The zero-order valence-electron chi connectivity index (χ0n) is 9.94. The lowest BCUT2D eigenvalue weighted by molar-refractivity contribution is -0.136. The molecule has 2 N–H and O–H groups in total. The number of nitrogens with zero attached hydrogens (tertiary/aromatic N) is 3. The van der Waals surface area contributed by atoms with E-state index in [0.717, 1.165) is 4.68 Å². The highest BCUT2D eigenvalue weighted by Crippen LogP contribution is 2.18. The smallest absolute Gasteiger partial charge is 0.309 e. The first-order chi connectivity index (χ1) is 8.39. The van der Waals surface area contributed by atoms with Crippen molar-refractivity contribution in [2.45, 2.75) is 38.7 Å². The Hall–Kier alpha value is -1.57. The minimum Gasteiger partial charge on any atom is -0.481 e. The van der Waals surface area contributed by atoms with E-state index >= 15 is 0 Å². The molecule has 0 aliphatic carbocycles. The molecular weight excluding hydrogens is 248 g/mol. The molecule has 102 valence electrons. The molecule has 1 heterocycles. The maximum absolute atomic E-state index is 13.1. The summed E-state index contributed by atoms with van der Waals surface area (Å²) in [6.45, 7) is -0.246. The van der Waals surface area contributed by atoms with Crippen LogP contribution in [-0.4, -0.2) is 43.7 Å². The molecule has 18 heavy (non-hydrogen) atoms. The van der Waals surface area contributed by atoms with Crippen LogP contribution in [0, 0.1) is 0 Å². The first-order valence-electron chi connectivity index (χ1n) is 5.51. The Balaban J connectivity index is 2.97. The van der Waals surface area contributed by atoms with Gasteiger partial charge in [0.15, 0.2) is 0 Å². The number of aliphatic hydroxyl groups is 1. The minimum absolute atomic E-state index is 0.193. The van der Waals surface area contributed by atoms with Gasteiger partial charge in [-0.05, 0) is 6.42 Å². The van der Waals surface area contributed by atoms with E-state index in [1.165, 1.54) is 0 Å². The second kappa shape index (κ2) is 5.85. The van der Waals surface area contributed by atoms with Crippen molar-refractivity contribution in [1.29, 1.82) is 0 Å². The van der Waals surface area contributed by atoms with E-state index < -0.39 is 25.0 Å². The molecular formula is C10H15F2N3O3. The lowest BCUT2D eigenvalue weighted by Gasteiger charge is -2.14. The number of rotatable bonds is 7. The van der Waals surface area contributed by atoms with Gasteiger partial charge in [0.2, 0.25) is 0 Å². The van der Waals surface area contributed by atoms with Gasteiger partial charge in [0, 0.05) is 0 Å². The maximum Gasteiger partial charge on any atom is 0.309 e. The van der Waals surface area contributed by atoms with Crippen LogP contribution in [0.4, 0.5) is 8.78 Å². The molecule has 0 aliphatic heterocycles. The summed E-state index contributed by atoms with van der Waals surface area (Å²) < 4.78 is 27.1. The Morgan fingerprint density at radius 3 is 2.67 bits per heavy atom. The highest BCUT2D eigenvalue weighted by Gasteiger charge is 2.30. The third-order valence-electron chi connectivity index (χ3n) is 2.34. The van der Waals surface area contributed by atoms with Gasteiger partial charge in [-0.15, -0.1) is 5.10 Å². The summed E-state index contributed by atoms with van der Waals surface area (Å²) in [4.78, 5) is 10.6. The zero-order valence-corrected chi connectivity index (χ0v) is 9.94. The van der Waals surface area contributed by atoms with Crippen molar-refractivity contribution in [1.82, 2.24) is 15.0 Å². The molecule has 0 amide bonds. The summed E-state index contributed by atoms with van der Waals surface area (Å²) in [5.74, 6) is -4.38. The molecule has 8 heteroatoms. The third kappa shape index (κ3) is 3.73. The van der Waals surface area contributed by atoms with Gasteiger partial charge in [0.05, 0.1) is 17.8 Å². The molecule has 0 radical (unpaired) electrons. The predicted molar refractivity (Wildman–Crippen MR) is 57.4 cm³/mol. The quantitative estimate of drug-likeness (QED) is 0.747. The van der Waals surface area contributed by atoms with Crippen molar-refractivity contribution < 1.29 is 23.8 Å². The summed E-state index contributed by atoms with van der Waals surface area (Å²) in [7, 11) is 0. The number of aromatic nitrogens is 3. The van der Waals surface area contributed by atoms with Crippen LogP contribution in [0.2, 0.25) is 0 Å². The average Bonchev–Trinajstić information content (AvgIpc) is 2.62. The Morgan fingerprint density at radius 1 is 1.50 bits per heavy atom. The molecule has 0 aromatic carbocycles. The molecule has 0 spiro atoms. The van der Waals surface area contributed by atoms with Gasteiger partial charge in [-0.3, -0.25) is 4.79 Å². The second-order valence-electron chi connectivity index (χ2n) is 3.98. The van der Waals surface area contributed by atoms with Crippen molar-refractivity contribution in [2.24, 2.45) is 0 Å². The van der Waals surface area contributed by atoms with Crippen molar-refractivity contribution in [3.63, 3.8) is 0 Å². The number of carboxylic acids is 1. The fourth-order valence-electron chi connectivity index (χ4n) is 1.56. The zero-order chi connectivity index (χ0) is 13.8. The number of carboxylic acid groups (broad SMARTS) is 1. The lowest BCUT2D eigenvalue weighted by Crippen LogP contribution is -2.29. The maximum atomic E-state index is 13.1. The van der Waals surface area contributed by atoms with Gasteiger partial charge < -0.3 is 10.2 Å². The van der Waals surface area contributed by atoms with Gasteiger partial charge in [0.25, 0.3) is 5.92 Å². The van der Waals surface area contributed by atoms with Gasteiger partial charge in [-0.25, -0.2) is 13.5 Å². The van der Waals surface area contributed by atoms with Crippen molar-refractivity contribution >= 4 is 5.97 Å². The second-order valence-corrected chi connectivity index (χ2v) is 3.98. The van der Waals surface area contributed by atoms with E-state index in [1.54, 1.807) is 0 Å². The highest BCUT2D eigenvalue weighted by molar-refractivity contribution is 5.69. The fourth-order valence-corrected chi connectivity index (χ4v) is 1.56. The SMILES string of the molecule is CCCc1c(CC(=O)O)nnn1CC(F)(F)CO. The Morgan fingerprint density at radius 2 is 2.17 bits per heavy atom. The molecule has 0 bridgehead atoms. The molecule has 1 aromatic rings. The van der Waals surface area contributed by atoms with Crippen LogP contribution in [0.15, 0.2) is 0 Å². The van der Waals surface area contributed by atoms with Crippen molar-refractivity contribution in [3.8, 4) is 0 Å². The number of halogens is 2. The molecule has 1 aromatic heterocycles. The largest absolute Gasteiger partial charge is 0.481 e. The molecule has 0 unspecified atom stereocenters. The van der Waals surface area contributed by atoms with Crippen LogP contribution >= 0.6 is 0 Å². The number of hydrogen-bond donors (Lipinski definition) is 2. The summed E-state index contributed by atoms with van der Waals surface area (Å²) >= 11 is 0. The molecule has 0 aliphatic rings. The number of hydrogen-bond acceptors (Lipinski definition) is 4. The first kappa shape index (κ1) is 14.5. The lowest BCUT2D eigenvalue weighted by atomic mass is 10.1. The van der Waals surface area contributed by atoms with Gasteiger partial charge in [-0.1, -0.05) is 18.6 Å². The van der Waals surface area contributed by atoms with Crippen molar-refractivity contribution in [3.05, 3.63) is 11.4 Å². The van der Waals surface area contributed by atoms with Crippen LogP contribution in [0.25, 0.3) is 0 Å². The average molecular weight is 263 g/mol. The van der Waals surface area contributed by atoms with Gasteiger partial charge in [-0.2, -0.15) is 0 Å². The minimum atomic E-state index is -3.29. The number of alkyl halides is 2. The van der Waals surface area contributed by atoms with E-state index in [-0.39, 0.29) is 12.1 Å². The van der Waals surface area contributed by atoms with Crippen LogP contribution < -0.4 is 0 Å². The molecule has 1 rings (SSSR count). The molecule has 0 saturated carbocycles. The molecule has 0 atom stereocenters. The standard InChI is InChI=1S/C10H15F2N3O3/c1-2-3-8-7(4-9(17)18)13-14-15(8)5-10(11,12)6-16/h16H,2-6H2,1H3,(H,17,18). The molecule has 0 saturated heterocycles. The van der Waals surface area contributed by atoms with Gasteiger partial charge >= 0.3 is 5.97 Å². The first-order valence-corrected chi connectivity index (χ1v) is 5.51. The molecule has 0 fully saturated rings. The summed E-state index contributed by atoms with van der Waals surface area (Å²) in [5.41, 5.74) is 0.575. The van der Waals surface area contributed by atoms with Crippen LogP contribution in [-0.2, 0) is 24.2 Å². The fraction of sp³-hybridized carbons (Fsp3) is 0.700. The molecule has 6 nitrogen and oxygen atoms in total. The third-order valence-corrected chi connectivity index (χ3v) is 2.34.